The van der Waals surface area contributed by atoms with Gasteiger partial charge < -0.3 is 10.6 Å². The standard InChI is InChI=1S/C20H30N2O/c1-20(2,3)17-11-7-8-12-18(17)22-19(23)15-21-14-13-16-9-5-4-6-10-16/h7-9,11-12,21H,4-6,10,13-15H2,1-3H3,(H,22,23). The van der Waals surface area contributed by atoms with Gasteiger partial charge in [0.2, 0.25) is 5.91 Å². The zero-order valence-electron chi connectivity index (χ0n) is 14.7. The fourth-order valence-corrected chi connectivity index (χ4v) is 3.02. The zero-order valence-corrected chi connectivity index (χ0v) is 14.7. The van der Waals surface area contributed by atoms with E-state index in [-0.39, 0.29) is 11.3 Å². The van der Waals surface area contributed by atoms with Crippen molar-refractivity contribution >= 4 is 11.6 Å². The fourth-order valence-electron chi connectivity index (χ4n) is 3.02. The van der Waals surface area contributed by atoms with E-state index in [0.29, 0.717) is 6.54 Å². The normalized spacial score (nSPS) is 15.2. The van der Waals surface area contributed by atoms with E-state index in [4.69, 9.17) is 0 Å². The Bertz CT molecular complexity index is 555. The SMILES string of the molecule is CC(C)(C)c1ccccc1NC(=O)CNCCC1=CCCCC1. The minimum Gasteiger partial charge on any atom is -0.325 e. The maximum absolute atomic E-state index is 12.2. The van der Waals surface area contributed by atoms with Crippen LogP contribution in [0.4, 0.5) is 5.69 Å². The molecule has 0 unspecified atom stereocenters. The van der Waals surface area contributed by atoms with Crippen LogP contribution < -0.4 is 10.6 Å². The van der Waals surface area contributed by atoms with Crippen LogP contribution in [0.1, 0.15) is 58.4 Å². The smallest absolute Gasteiger partial charge is 0.238 e. The average molecular weight is 314 g/mol. The van der Waals surface area contributed by atoms with E-state index >= 15 is 0 Å². The first-order valence-electron chi connectivity index (χ1n) is 8.75. The maximum Gasteiger partial charge on any atom is 0.238 e. The van der Waals surface area contributed by atoms with Crippen LogP contribution in [0.2, 0.25) is 0 Å². The number of benzene rings is 1. The molecule has 1 aromatic carbocycles. The summed E-state index contributed by atoms with van der Waals surface area (Å²) < 4.78 is 0. The first-order chi connectivity index (χ1) is 11.0. The molecule has 0 saturated carbocycles. The Hall–Kier alpha value is -1.61. The molecule has 0 saturated heterocycles. The highest BCUT2D eigenvalue weighted by Gasteiger charge is 2.18. The van der Waals surface area contributed by atoms with Crippen molar-refractivity contribution in [3.05, 3.63) is 41.5 Å². The van der Waals surface area contributed by atoms with Gasteiger partial charge in [0, 0.05) is 5.69 Å². The van der Waals surface area contributed by atoms with Gasteiger partial charge in [0.25, 0.3) is 0 Å². The first kappa shape index (κ1) is 17.7. The summed E-state index contributed by atoms with van der Waals surface area (Å²) in [7, 11) is 0. The van der Waals surface area contributed by atoms with Crippen LogP contribution in [-0.2, 0) is 10.2 Å². The largest absolute Gasteiger partial charge is 0.325 e. The molecule has 126 valence electrons. The summed E-state index contributed by atoms with van der Waals surface area (Å²) >= 11 is 0. The Morgan fingerprint density at radius 3 is 2.65 bits per heavy atom. The monoisotopic (exact) mass is 314 g/mol. The molecule has 2 N–H and O–H groups in total. The lowest BCUT2D eigenvalue weighted by Crippen LogP contribution is -2.30. The molecule has 1 aliphatic rings. The highest BCUT2D eigenvalue weighted by atomic mass is 16.1. The van der Waals surface area contributed by atoms with Gasteiger partial charge >= 0.3 is 0 Å². The highest BCUT2D eigenvalue weighted by molar-refractivity contribution is 5.93. The average Bonchev–Trinajstić information content (AvgIpc) is 2.52. The van der Waals surface area contributed by atoms with Gasteiger partial charge in [0.1, 0.15) is 0 Å². The number of nitrogens with one attached hydrogen (secondary N) is 2. The number of hydrogen-bond donors (Lipinski definition) is 2. The minimum atomic E-state index is 0.0186. The van der Waals surface area contributed by atoms with Crippen molar-refractivity contribution in [2.24, 2.45) is 0 Å². The molecule has 1 aliphatic carbocycles. The van der Waals surface area contributed by atoms with Crippen molar-refractivity contribution in [1.82, 2.24) is 5.32 Å². The molecule has 0 atom stereocenters. The predicted octanol–water partition coefficient (Wildman–Crippen LogP) is 4.40. The molecule has 1 amide bonds. The van der Waals surface area contributed by atoms with Crippen LogP contribution in [0.5, 0.6) is 0 Å². The lowest BCUT2D eigenvalue weighted by molar-refractivity contribution is -0.115. The van der Waals surface area contributed by atoms with Crippen molar-refractivity contribution in [2.45, 2.75) is 58.3 Å². The Balaban J connectivity index is 1.78. The van der Waals surface area contributed by atoms with Gasteiger partial charge in [-0.1, -0.05) is 50.6 Å². The summed E-state index contributed by atoms with van der Waals surface area (Å²) in [6.07, 6.45) is 8.52. The fraction of sp³-hybridized carbons (Fsp3) is 0.550. The van der Waals surface area contributed by atoms with E-state index in [1.807, 2.05) is 18.2 Å². The number of carbonyl (C=O) groups excluding carboxylic acids is 1. The summed E-state index contributed by atoms with van der Waals surface area (Å²) in [5, 5.41) is 6.30. The molecular weight excluding hydrogens is 284 g/mol. The van der Waals surface area contributed by atoms with Crippen molar-refractivity contribution in [3.8, 4) is 0 Å². The molecule has 0 aliphatic heterocycles. The van der Waals surface area contributed by atoms with Crippen LogP contribution in [0.3, 0.4) is 0 Å². The lowest BCUT2D eigenvalue weighted by atomic mass is 9.86. The molecule has 0 radical (unpaired) electrons. The first-order valence-corrected chi connectivity index (χ1v) is 8.75. The number of para-hydroxylation sites is 1. The number of amides is 1. The Morgan fingerprint density at radius 1 is 1.17 bits per heavy atom. The van der Waals surface area contributed by atoms with Crippen LogP contribution in [0, 0.1) is 0 Å². The van der Waals surface area contributed by atoms with Gasteiger partial charge in [0.05, 0.1) is 6.54 Å². The van der Waals surface area contributed by atoms with Crippen LogP contribution in [0.15, 0.2) is 35.9 Å². The molecule has 3 heteroatoms. The molecule has 1 aromatic rings. The molecule has 23 heavy (non-hydrogen) atoms. The van der Waals surface area contributed by atoms with Gasteiger partial charge in [-0.25, -0.2) is 0 Å². The molecule has 3 nitrogen and oxygen atoms in total. The van der Waals surface area contributed by atoms with Crippen molar-refractivity contribution in [1.29, 1.82) is 0 Å². The number of hydrogen-bond acceptors (Lipinski definition) is 2. The van der Waals surface area contributed by atoms with E-state index < -0.39 is 0 Å². The van der Waals surface area contributed by atoms with E-state index in [0.717, 1.165) is 18.7 Å². The van der Waals surface area contributed by atoms with Gasteiger partial charge in [0.15, 0.2) is 0 Å². The maximum atomic E-state index is 12.2. The zero-order chi connectivity index (χ0) is 16.7. The summed E-state index contributed by atoms with van der Waals surface area (Å²) in [4.78, 5) is 12.2. The second kappa shape index (κ2) is 8.30. The number of anilines is 1. The van der Waals surface area contributed by atoms with E-state index in [1.165, 1.54) is 31.2 Å². The van der Waals surface area contributed by atoms with Gasteiger partial charge in [-0.2, -0.15) is 0 Å². The van der Waals surface area contributed by atoms with Gasteiger partial charge in [-0.3, -0.25) is 4.79 Å². The van der Waals surface area contributed by atoms with Gasteiger partial charge in [-0.15, -0.1) is 0 Å². The number of carbonyl (C=O) groups is 1. The summed E-state index contributed by atoms with van der Waals surface area (Å²) in [5.74, 6) is 0.0272. The molecule has 2 rings (SSSR count). The second-order valence-electron chi connectivity index (χ2n) is 7.38. The van der Waals surface area contributed by atoms with Crippen molar-refractivity contribution in [2.75, 3.05) is 18.4 Å². The molecule has 0 bridgehead atoms. The van der Waals surface area contributed by atoms with Crippen LogP contribution in [0.25, 0.3) is 0 Å². The third kappa shape index (κ3) is 5.83. The van der Waals surface area contributed by atoms with E-state index in [2.05, 4.69) is 43.5 Å². The van der Waals surface area contributed by atoms with Gasteiger partial charge in [-0.05, 0) is 55.7 Å². The Kier molecular flexibility index (Phi) is 6.40. The molecular formula is C20H30N2O. The Labute approximate surface area is 140 Å². The van der Waals surface area contributed by atoms with E-state index in [9.17, 15) is 4.79 Å². The molecule has 0 fully saturated rings. The highest BCUT2D eigenvalue weighted by Crippen LogP contribution is 2.29. The predicted molar refractivity (Wildman–Crippen MR) is 97.8 cm³/mol. The molecule has 0 heterocycles. The van der Waals surface area contributed by atoms with Crippen LogP contribution in [-0.4, -0.2) is 19.0 Å². The summed E-state index contributed by atoms with van der Waals surface area (Å²) in [6.45, 7) is 7.72. The summed E-state index contributed by atoms with van der Waals surface area (Å²) in [6, 6.07) is 8.05. The van der Waals surface area contributed by atoms with Crippen LogP contribution >= 0.6 is 0 Å². The Morgan fingerprint density at radius 2 is 1.96 bits per heavy atom. The topological polar surface area (TPSA) is 41.1 Å². The number of rotatable bonds is 6. The molecule has 0 aromatic heterocycles. The quantitative estimate of drug-likeness (QED) is 0.603. The third-order valence-corrected chi connectivity index (χ3v) is 4.30. The minimum absolute atomic E-state index is 0.0186. The van der Waals surface area contributed by atoms with Crippen molar-refractivity contribution in [3.63, 3.8) is 0 Å². The third-order valence-electron chi connectivity index (χ3n) is 4.30. The second-order valence-corrected chi connectivity index (χ2v) is 7.38. The molecule has 0 spiro atoms. The number of allylic oxidation sites excluding steroid dienone is 1. The lowest BCUT2D eigenvalue weighted by Gasteiger charge is -2.23. The summed E-state index contributed by atoms with van der Waals surface area (Å²) in [5.41, 5.74) is 3.65. The van der Waals surface area contributed by atoms with Crippen molar-refractivity contribution < 1.29 is 4.79 Å². The van der Waals surface area contributed by atoms with E-state index in [1.54, 1.807) is 5.57 Å².